The van der Waals surface area contributed by atoms with Crippen LogP contribution in [0, 0.1) is 6.92 Å². The average molecular weight is 241 g/mol. The Morgan fingerprint density at radius 3 is 3.08 bits per heavy atom. The highest BCUT2D eigenvalue weighted by Crippen LogP contribution is 2.26. The van der Waals surface area contributed by atoms with Gasteiger partial charge in [-0.1, -0.05) is 27.2 Å². The fourth-order valence-electron chi connectivity index (χ4n) is 1.23. The summed E-state index contributed by atoms with van der Waals surface area (Å²) in [6, 6.07) is 6.04. The number of halogens is 1. The van der Waals surface area contributed by atoms with Gasteiger partial charge >= 0.3 is 0 Å². The monoisotopic (exact) mass is 240 g/mol. The lowest BCUT2D eigenvalue weighted by atomic mass is 10.2. The van der Waals surface area contributed by atoms with Crippen LogP contribution >= 0.6 is 15.9 Å². The molecule has 0 bridgehead atoms. The van der Waals surface area contributed by atoms with Gasteiger partial charge in [-0.05, 0) is 24.6 Å². The lowest BCUT2D eigenvalue weighted by Gasteiger charge is -2.17. The minimum Gasteiger partial charge on any atom is -0.247 e. The van der Waals surface area contributed by atoms with Crippen LogP contribution in [0.5, 0.6) is 0 Å². The molecule has 0 saturated heterocycles. The van der Waals surface area contributed by atoms with Gasteiger partial charge in [-0.15, -0.1) is 5.11 Å². The van der Waals surface area contributed by atoms with E-state index in [2.05, 4.69) is 38.7 Å². The standard InChI is InChI=1S/C8H9BrN4/c1-6-7(9)3-2-4-8(6)13-5-10-11-12-13/h2-4H,5H2,1H3,(H,10,12). The van der Waals surface area contributed by atoms with E-state index < -0.39 is 0 Å². The number of hydrazine groups is 1. The molecule has 5 heteroatoms. The lowest BCUT2D eigenvalue weighted by Crippen LogP contribution is -2.29. The molecule has 0 aromatic heterocycles. The molecular weight excluding hydrogens is 232 g/mol. The molecule has 0 atom stereocenters. The van der Waals surface area contributed by atoms with Crippen LogP contribution in [-0.4, -0.2) is 6.67 Å². The summed E-state index contributed by atoms with van der Waals surface area (Å²) in [5, 5.41) is 9.42. The van der Waals surface area contributed by atoms with E-state index in [1.165, 1.54) is 5.56 Å². The molecule has 1 aliphatic rings. The van der Waals surface area contributed by atoms with E-state index in [4.69, 9.17) is 0 Å². The summed E-state index contributed by atoms with van der Waals surface area (Å²) in [5.41, 5.74) is 5.09. The summed E-state index contributed by atoms with van der Waals surface area (Å²) in [6.45, 7) is 2.62. The zero-order chi connectivity index (χ0) is 9.26. The first-order chi connectivity index (χ1) is 6.29. The molecule has 0 aliphatic carbocycles. The van der Waals surface area contributed by atoms with E-state index in [0.29, 0.717) is 6.67 Å². The van der Waals surface area contributed by atoms with Crippen molar-refractivity contribution in [3.8, 4) is 0 Å². The second-order valence-corrected chi connectivity index (χ2v) is 3.65. The van der Waals surface area contributed by atoms with Crippen LogP contribution in [0.3, 0.4) is 0 Å². The van der Waals surface area contributed by atoms with Gasteiger partial charge in [0, 0.05) is 4.47 Å². The number of hydrogen-bond acceptors (Lipinski definition) is 4. The highest BCUT2D eigenvalue weighted by atomic mass is 79.9. The van der Waals surface area contributed by atoms with Crippen molar-refractivity contribution in [3.05, 3.63) is 28.2 Å². The Balaban J connectivity index is 2.34. The van der Waals surface area contributed by atoms with Crippen LogP contribution in [0.4, 0.5) is 5.69 Å². The molecule has 0 radical (unpaired) electrons. The molecular formula is C8H9BrN4. The molecule has 68 valence electrons. The Labute approximate surface area is 84.7 Å². The number of rotatable bonds is 1. The third kappa shape index (κ3) is 1.51. The maximum Gasteiger partial charge on any atom is 0.154 e. The molecule has 0 amide bonds. The van der Waals surface area contributed by atoms with E-state index in [-0.39, 0.29) is 0 Å². The Morgan fingerprint density at radius 2 is 2.38 bits per heavy atom. The summed E-state index contributed by atoms with van der Waals surface area (Å²) < 4.78 is 1.10. The molecule has 0 unspecified atom stereocenters. The van der Waals surface area contributed by atoms with E-state index in [9.17, 15) is 0 Å². The molecule has 1 aliphatic heterocycles. The zero-order valence-electron chi connectivity index (χ0n) is 7.16. The van der Waals surface area contributed by atoms with Crippen LogP contribution < -0.4 is 10.5 Å². The van der Waals surface area contributed by atoms with Crippen molar-refractivity contribution < 1.29 is 0 Å². The first kappa shape index (κ1) is 8.50. The van der Waals surface area contributed by atoms with Crippen LogP contribution in [0.1, 0.15) is 5.56 Å². The highest BCUT2D eigenvalue weighted by Gasteiger charge is 2.12. The van der Waals surface area contributed by atoms with Gasteiger partial charge in [0.2, 0.25) is 0 Å². The largest absolute Gasteiger partial charge is 0.247 e. The molecule has 1 aromatic rings. The molecule has 4 nitrogen and oxygen atoms in total. The topological polar surface area (TPSA) is 40.0 Å². The maximum atomic E-state index is 3.84. The Bertz CT molecular complexity index is 342. The Morgan fingerprint density at radius 1 is 1.54 bits per heavy atom. The minimum atomic E-state index is 0.567. The smallest absolute Gasteiger partial charge is 0.154 e. The van der Waals surface area contributed by atoms with Gasteiger partial charge in [-0.2, -0.15) is 5.53 Å². The van der Waals surface area contributed by atoms with Gasteiger partial charge < -0.3 is 0 Å². The van der Waals surface area contributed by atoms with Gasteiger partial charge in [0.15, 0.2) is 6.67 Å². The van der Waals surface area contributed by atoms with Gasteiger partial charge in [-0.3, -0.25) is 0 Å². The number of hydrogen-bond donors (Lipinski definition) is 1. The quantitative estimate of drug-likeness (QED) is 0.820. The molecule has 0 spiro atoms. The van der Waals surface area contributed by atoms with E-state index in [0.717, 1.165) is 10.2 Å². The van der Waals surface area contributed by atoms with Crippen LogP contribution in [0.15, 0.2) is 33.0 Å². The third-order valence-corrected chi connectivity index (χ3v) is 2.83. The first-order valence-electron chi connectivity index (χ1n) is 3.94. The summed E-state index contributed by atoms with van der Waals surface area (Å²) in [5.74, 6) is 0. The first-order valence-corrected chi connectivity index (χ1v) is 4.73. The third-order valence-electron chi connectivity index (χ3n) is 1.97. The van der Waals surface area contributed by atoms with Crippen LogP contribution in [-0.2, 0) is 0 Å². The molecule has 2 rings (SSSR count). The number of nitrogens with one attached hydrogen (secondary N) is 1. The fourth-order valence-corrected chi connectivity index (χ4v) is 1.59. The lowest BCUT2D eigenvalue weighted by molar-refractivity contribution is 0.746. The van der Waals surface area contributed by atoms with Crippen molar-refractivity contribution in [3.63, 3.8) is 0 Å². The molecule has 1 heterocycles. The average Bonchev–Trinajstić information content (AvgIpc) is 2.62. The summed E-state index contributed by atoms with van der Waals surface area (Å²) >= 11 is 3.48. The minimum absolute atomic E-state index is 0.567. The zero-order valence-corrected chi connectivity index (χ0v) is 8.74. The molecule has 1 aromatic carbocycles. The second-order valence-electron chi connectivity index (χ2n) is 2.79. The SMILES string of the molecule is Cc1c(Br)cccc1N1CN=NN1. The summed E-state index contributed by atoms with van der Waals surface area (Å²) in [7, 11) is 0. The summed E-state index contributed by atoms with van der Waals surface area (Å²) in [6.07, 6.45) is 0. The predicted octanol–water partition coefficient (Wildman–Crippen LogP) is 2.41. The normalized spacial score (nSPS) is 14.8. The van der Waals surface area contributed by atoms with Gasteiger partial charge in [0.1, 0.15) is 0 Å². The highest BCUT2D eigenvalue weighted by molar-refractivity contribution is 9.10. The number of anilines is 1. The van der Waals surface area contributed by atoms with Gasteiger partial charge in [-0.25, -0.2) is 5.01 Å². The van der Waals surface area contributed by atoms with Crippen molar-refractivity contribution in [2.24, 2.45) is 10.3 Å². The Hall–Kier alpha value is -1.10. The van der Waals surface area contributed by atoms with Gasteiger partial charge in [0.05, 0.1) is 5.69 Å². The Kier molecular flexibility index (Phi) is 2.18. The number of nitrogens with zero attached hydrogens (tertiary/aromatic N) is 3. The molecule has 0 fully saturated rings. The second kappa shape index (κ2) is 3.33. The van der Waals surface area contributed by atoms with Gasteiger partial charge in [0.25, 0.3) is 0 Å². The van der Waals surface area contributed by atoms with Crippen molar-refractivity contribution in [1.29, 1.82) is 0 Å². The molecule has 1 N–H and O–H groups in total. The summed E-state index contributed by atoms with van der Waals surface area (Å²) in [4.78, 5) is 0. The maximum absolute atomic E-state index is 3.84. The van der Waals surface area contributed by atoms with Crippen molar-refractivity contribution in [1.82, 2.24) is 5.53 Å². The van der Waals surface area contributed by atoms with E-state index >= 15 is 0 Å². The molecule has 0 saturated carbocycles. The van der Waals surface area contributed by atoms with Crippen molar-refractivity contribution in [2.45, 2.75) is 6.92 Å². The van der Waals surface area contributed by atoms with Crippen LogP contribution in [0.25, 0.3) is 0 Å². The fraction of sp³-hybridized carbons (Fsp3) is 0.250. The van der Waals surface area contributed by atoms with Crippen LogP contribution in [0.2, 0.25) is 0 Å². The van der Waals surface area contributed by atoms with E-state index in [1.54, 1.807) is 0 Å². The predicted molar refractivity (Wildman–Crippen MR) is 54.2 cm³/mol. The van der Waals surface area contributed by atoms with Crippen molar-refractivity contribution in [2.75, 3.05) is 11.7 Å². The number of benzene rings is 1. The molecule has 13 heavy (non-hydrogen) atoms. The van der Waals surface area contributed by atoms with E-state index in [1.807, 2.05) is 23.2 Å². The van der Waals surface area contributed by atoms with Crippen molar-refractivity contribution >= 4 is 21.6 Å².